The van der Waals surface area contributed by atoms with Gasteiger partial charge in [-0.15, -0.1) is 0 Å². The number of nitrogens with two attached hydrogens (primary N) is 3. The van der Waals surface area contributed by atoms with Crippen LogP contribution in [-0.4, -0.2) is 191 Å². The Labute approximate surface area is 452 Å². The number of methoxy groups -OCH3 is 2. The second-order valence-corrected chi connectivity index (χ2v) is 24.1. The Morgan fingerprint density at radius 1 is 0.679 bits per heavy atom. The van der Waals surface area contributed by atoms with E-state index in [9.17, 15) is 62.7 Å². The zero-order chi connectivity index (χ0) is 58.5. The van der Waals surface area contributed by atoms with Crippen LogP contribution in [-0.2, 0) is 80.4 Å². The number of fused-ring (bicyclic) bond motifs is 3. The Kier molecular flexibility index (Phi) is 17.8. The van der Waals surface area contributed by atoms with Crippen LogP contribution in [0, 0.1) is 5.92 Å². The van der Waals surface area contributed by atoms with Crippen LogP contribution in [0.1, 0.15) is 25.1 Å². The molecule has 16 atom stereocenters. The highest BCUT2D eigenvalue weighted by molar-refractivity contribution is 7.66. The number of hydrogen-bond acceptors (Lipinski definition) is 30. The fraction of sp³-hybridized carbons (Fsp3) is 0.595. The molecule has 44 heteroatoms. The van der Waals surface area contributed by atoms with E-state index >= 15 is 0 Å². The fourth-order valence-corrected chi connectivity index (χ4v) is 13.7. The van der Waals surface area contributed by atoms with Gasteiger partial charge < -0.3 is 80.5 Å². The summed E-state index contributed by atoms with van der Waals surface area (Å²) in [6.07, 6.45) is -12.9. The van der Waals surface area contributed by atoms with Crippen molar-refractivity contribution in [2.45, 2.75) is 73.9 Å². The molecule has 0 radical (unpaired) electrons. The highest BCUT2D eigenvalue weighted by Gasteiger charge is 2.54. The summed E-state index contributed by atoms with van der Waals surface area (Å²) in [7, 11) is -19.4. The molecule has 3 fully saturated rings. The van der Waals surface area contributed by atoms with Gasteiger partial charge >= 0.3 is 36.9 Å². The number of anilines is 3. The second kappa shape index (κ2) is 23.8. The molecule has 9 heterocycles. The molecule has 9 rings (SSSR count). The quantitative estimate of drug-likeness (QED) is 0.0151. The zero-order valence-electron chi connectivity index (χ0n) is 42.2. The first kappa shape index (κ1) is 60.4. The van der Waals surface area contributed by atoms with Gasteiger partial charge in [0, 0.05) is 26.7 Å². The molecule has 6 aromatic rings. The van der Waals surface area contributed by atoms with E-state index in [2.05, 4.69) is 48.5 Å². The molecular formula is C37H54N15O25P4+. The van der Waals surface area contributed by atoms with Gasteiger partial charge in [0.15, 0.2) is 41.4 Å². The molecule has 0 bridgehead atoms. The van der Waals surface area contributed by atoms with Crippen LogP contribution in [0.5, 0.6) is 0 Å². The predicted molar refractivity (Wildman–Crippen MR) is 264 cm³/mol. The minimum absolute atomic E-state index is 0.00848. The molecule has 0 amide bonds. The lowest BCUT2D eigenvalue weighted by Crippen LogP contribution is -2.45. The molecule has 6 aromatic heterocycles. The largest absolute Gasteiger partial charge is 0.490 e. The lowest BCUT2D eigenvalue weighted by Gasteiger charge is -2.26. The summed E-state index contributed by atoms with van der Waals surface area (Å²) in [6, 6.07) is 0. The van der Waals surface area contributed by atoms with Crippen molar-refractivity contribution < 1.29 is 113 Å². The lowest BCUT2D eigenvalue weighted by atomic mass is 9.95. The van der Waals surface area contributed by atoms with Gasteiger partial charge in [-0.1, -0.05) is 4.98 Å². The molecule has 15 N–H and O–H groups in total. The number of hydrogen-bond donors (Lipinski definition) is 12. The van der Waals surface area contributed by atoms with Crippen LogP contribution in [0.15, 0.2) is 34.9 Å². The van der Waals surface area contributed by atoms with Crippen LogP contribution in [0.3, 0.4) is 0 Å². The fourth-order valence-electron chi connectivity index (χ4n) is 9.20. The molecule has 81 heavy (non-hydrogen) atoms. The van der Waals surface area contributed by atoms with Gasteiger partial charge in [-0.05, 0) is 6.42 Å². The number of phosphoric ester groups is 3. The summed E-state index contributed by atoms with van der Waals surface area (Å²) in [4.78, 5) is 96.9. The van der Waals surface area contributed by atoms with Crippen molar-refractivity contribution in [3.8, 4) is 0 Å². The number of aromatic nitrogens is 12. The van der Waals surface area contributed by atoms with Crippen molar-refractivity contribution >= 4 is 82.5 Å². The van der Waals surface area contributed by atoms with E-state index in [0.717, 1.165) is 30.7 Å². The molecule has 446 valence electrons. The first-order valence-electron chi connectivity index (χ1n) is 23.6. The monoisotopic (exact) mass is 1230 g/mol. The van der Waals surface area contributed by atoms with Crippen molar-refractivity contribution in [1.82, 2.24) is 53.6 Å². The number of imidazole rings is 3. The molecule has 5 unspecified atom stereocenters. The molecule has 3 saturated heterocycles. The summed E-state index contributed by atoms with van der Waals surface area (Å²) < 4.78 is 122. The Morgan fingerprint density at radius 3 is 1.99 bits per heavy atom. The second-order valence-electron chi connectivity index (χ2n) is 18.0. The Balaban J connectivity index is 0.871. The van der Waals surface area contributed by atoms with Crippen molar-refractivity contribution in [2.75, 3.05) is 71.1 Å². The third-order valence-electron chi connectivity index (χ3n) is 12.8. The number of H-pyrrole nitrogens is 2. The lowest BCUT2D eigenvalue weighted by molar-refractivity contribution is -0.745. The molecule has 0 aromatic carbocycles. The minimum atomic E-state index is -6.20. The number of nitrogens with one attached hydrogen (secondary N) is 2. The number of aliphatic hydroxyl groups is 3. The number of nitrogen functional groups attached to an aromatic ring is 3. The molecule has 0 saturated carbocycles. The predicted octanol–water partition coefficient (Wildman–Crippen LogP) is -3.40. The van der Waals surface area contributed by atoms with Gasteiger partial charge in [0.25, 0.3) is 17.1 Å². The molecule has 0 aliphatic carbocycles. The maximum atomic E-state index is 13.8. The summed E-state index contributed by atoms with van der Waals surface area (Å²) in [5, 5.41) is 33.3. The maximum Gasteiger partial charge on any atom is 0.490 e. The number of rotatable bonds is 25. The first-order valence-corrected chi connectivity index (χ1v) is 29.6. The molecular weight excluding hydrogens is 1180 g/mol. The molecule has 3 aliphatic heterocycles. The van der Waals surface area contributed by atoms with E-state index in [1.54, 1.807) is 0 Å². The van der Waals surface area contributed by atoms with E-state index < -0.39 is 136 Å². The van der Waals surface area contributed by atoms with Gasteiger partial charge in [0.05, 0.1) is 58.8 Å². The normalized spacial score (nSPS) is 29.1. The Morgan fingerprint density at radius 2 is 1.30 bits per heavy atom. The zero-order valence-corrected chi connectivity index (χ0v) is 45.7. The third-order valence-corrected chi connectivity index (χ3v) is 18.0. The summed E-state index contributed by atoms with van der Waals surface area (Å²) in [5.74, 6) is -1.64. The number of aliphatic hydroxyl groups excluding tert-OH is 3. The van der Waals surface area contributed by atoms with Gasteiger partial charge in [-0.25, -0.2) is 42.8 Å². The van der Waals surface area contributed by atoms with Crippen LogP contribution < -0.4 is 32.9 Å². The average Bonchev–Trinajstić information content (AvgIpc) is 4.41. The highest BCUT2D eigenvalue weighted by Crippen LogP contribution is 2.68. The summed E-state index contributed by atoms with van der Waals surface area (Å²) in [6.45, 7) is -2.83. The summed E-state index contributed by atoms with van der Waals surface area (Å²) >= 11 is 0. The van der Waals surface area contributed by atoms with Crippen LogP contribution in [0.25, 0.3) is 33.5 Å². The van der Waals surface area contributed by atoms with E-state index in [1.807, 2.05) is 0 Å². The Hall–Kier alpha value is -5.19. The number of ether oxygens (including phenoxy) is 6. The SMILES string of the molecule is COCCOCC[C@@H]1[C@@H](COP(=O)(O)OP(=O)(O)OP(=O)(O)OC[C@H]2O[C@@H](n3cnc4c(N)ncnc43)[C@H](OC)[C@@H]2OP(=O)(O)OC[C@H]2O[C@@H](n3cnc4c(=O)[nH]c(N)nc43)[C@H](O)[C@@H]2O)OC([n+]2cn(C)c3c(=O)[nH]c(N)nc32)[C@@H]1O. The van der Waals surface area contributed by atoms with E-state index in [1.165, 1.54) is 34.2 Å². The van der Waals surface area contributed by atoms with Crippen LogP contribution >= 0.6 is 31.3 Å². The van der Waals surface area contributed by atoms with E-state index in [4.69, 9.17) is 63.7 Å². The minimum Gasteiger partial charge on any atom is -0.387 e. The number of phosphoric acid groups is 4. The van der Waals surface area contributed by atoms with Gasteiger partial charge in [0.2, 0.25) is 17.7 Å². The first-order chi connectivity index (χ1) is 38.2. The number of aromatic amines is 2. The number of nitrogens with zero attached hydrogens (tertiary/aromatic N) is 10. The molecule has 40 nitrogen and oxygen atoms in total. The molecule has 0 spiro atoms. The van der Waals surface area contributed by atoms with E-state index in [-0.39, 0.29) is 77.4 Å². The van der Waals surface area contributed by atoms with Gasteiger partial charge in [0.1, 0.15) is 54.6 Å². The van der Waals surface area contributed by atoms with Crippen LogP contribution in [0.2, 0.25) is 0 Å². The van der Waals surface area contributed by atoms with Crippen molar-refractivity contribution in [3.05, 3.63) is 46.0 Å². The highest BCUT2D eigenvalue weighted by atomic mass is 31.3. The van der Waals surface area contributed by atoms with Crippen molar-refractivity contribution in [2.24, 2.45) is 13.0 Å². The third kappa shape index (κ3) is 13.0. The average molecular weight is 1230 g/mol. The smallest absolute Gasteiger partial charge is 0.387 e. The topological polar surface area (TPSA) is 560 Å². The van der Waals surface area contributed by atoms with Gasteiger partial charge in [-0.3, -0.25) is 51.4 Å². The Bertz CT molecular complexity index is 3590. The maximum absolute atomic E-state index is 13.8. The van der Waals surface area contributed by atoms with Crippen molar-refractivity contribution in [3.63, 3.8) is 0 Å². The molecule has 3 aliphatic rings. The van der Waals surface area contributed by atoms with E-state index in [0.29, 0.717) is 0 Å². The van der Waals surface area contributed by atoms with Gasteiger partial charge in [-0.2, -0.15) is 13.6 Å². The van der Waals surface area contributed by atoms with Crippen molar-refractivity contribution in [1.29, 1.82) is 0 Å². The number of aryl methyl sites for hydroxylation is 1. The summed E-state index contributed by atoms with van der Waals surface area (Å²) in [5.41, 5.74) is 15.8. The standard InChI is InChI=1S/C37H53N15O25P4/c1-49-14-52(30-21(49)32(57)48-37(40)46-30)33-22(53)15(4-5-68-7-6-66-2)16(72-33)8-70-79(60,61)76-81(64,65)77-80(62,63)71-10-18-25(26(67-3)35(74-18)50-12-43-19-27(38)41-11-42-28(19)50)75-78(58,59)69-9-17-23(54)24(55)34(73-17)51-13-44-20-29(51)45-36(39)47-31(20)56/h11-18,22-26,33-35,53-55H,4-10H2,1-3H3,(H11-,38,39,40,41,42,45,46,47,48,56,57,58,59,60,61,62,63,64,65)/p+1/t15-,16-,17-,18-,22-,23-,24-,25-,26-,33?,34-,35-/m1/s1. The van der Waals surface area contributed by atoms with Crippen LogP contribution in [0.4, 0.5) is 17.7 Å².